The van der Waals surface area contributed by atoms with Crippen LogP contribution in [0.4, 0.5) is 0 Å². The fourth-order valence-corrected chi connectivity index (χ4v) is 2.55. The molecule has 0 aliphatic heterocycles. The first-order valence-corrected chi connectivity index (χ1v) is 6.72. The predicted molar refractivity (Wildman–Crippen MR) is 75.2 cm³/mol. The zero-order valence-electron chi connectivity index (χ0n) is 11.1. The van der Waals surface area contributed by atoms with Crippen LogP contribution in [0, 0.1) is 19.8 Å². The van der Waals surface area contributed by atoms with Gasteiger partial charge in [0, 0.05) is 11.4 Å². The highest BCUT2D eigenvalue weighted by Gasteiger charge is 2.32. The molecule has 94 valence electrons. The van der Waals surface area contributed by atoms with Gasteiger partial charge in [-0.25, -0.2) is 0 Å². The van der Waals surface area contributed by atoms with Crippen LogP contribution in [0.5, 0.6) is 0 Å². The second-order valence-electron chi connectivity index (χ2n) is 5.31. The highest BCUT2D eigenvalue weighted by Crippen LogP contribution is 2.41. The molecule has 1 atom stereocenters. The largest absolute Gasteiger partial charge is 0.318 e. The number of nitrogens with one attached hydrogen (secondary N) is 1. The van der Waals surface area contributed by atoms with Crippen molar-refractivity contribution in [2.45, 2.75) is 32.7 Å². The Bertz CT molecular complexity index is 504. The lowest BCUT2D eigenvalue weighted by molar-refractivity contribution is 0.591. The van der Waals surface area contributed by atoms with Gasteiger partial charge in [-0.15, -0.1) is 0 Å². The number of benzene rings is 1. The third kappa shape index (κ3) is 2.15. The third-order valence-corrected chi connectivity index (χ3v) is 3.79. The average molecular weight is 240 g/mol. The van der Waals surface area contributed by atoms with Gasteiger partial charge in [0.2, 0.25) is 0 Å². The fourth-order valence-electron chi connectivity index (χ4n) is 2.55. The Morgan fingerprint density at radius 1 is 1.00 bits per heavy atom. The van der Waals surface area contributed by atoms with Crippen molar-refractivity contribution in [3.63, 3.8) is 0 Å². The minimum absolute atomic E-state index is 0.441. The Morgan fingerprint density at radius 3 is 2.17 bits per heavy atom. The number of aromatic nitrogens is 1. The van der Waals surface area contributed by atoms with Crippen molar-refractivity contribution in [1.29, 1.82) is 0 Å². The van der Waals surface area contributed by atoms with Gasteiger partial charge < -0.3 is 5.43 Å². The first kappa shape index (κ1) is 11.4. The van der Waals surface area contributed by atoms with E-state index in [1.54, 1.807) is 0 Å². The van der Waals surface area contributed by atoms with E-state index in [2.05, 4.69) is 66.4 Å². The maximum atomic E-state index is 3.69. The summed E-state index contributed by atoms with van der Waals surface area (Å²) in [6, 6.07) is 15.6. The van der Waals surface area contributed by atoms with Crippen LogP contribution in [0.3, 0.4) is 0 Å². The molecule has 3 rings (SSSR count). The molecule has 1 unspecified atom stereocenters. The molecule has 2 aromatic rings. The number of hydrogen-bond donors (Lipinski definition) is 1. The summed E-state index contributed by atoms with van der Waals surface area (Å²) in [5.41, 5.74) is 7.63. The Balaban J connectivity index is 1.88. The monoisotopic (exact) mass is 240 g/mol. The summed E-state index contributed by atoms with van der Waals surface area (Å²) in [6.07, 6.45) is 2.68. The molecule has 1 aliphatic rings. The van der Waals surface area contributed by atoms with Crippen LogP contribution < -0.4 is 5.43 Å². The minimum atomic E-state index is 0.441. The van der Waals surface area contributed by atoms with Gasteiger partial charge in [0.25, 0.3) is 0 Å². The van der Waals surface area contributed by atoms with Gasteiger partial charge in [0.05, 0.1) is 6.04 Å². The van der Waals surface area contributed by atoms with Crippen molar-refractivity contribution >= 4 is 0 Å². The summed E-state index contributed by atoms with van der Waals surface area (Å²) >= 11 is 0. The van der Waals surface area contributed by atoms with Gasteiger partial charge >= 0.3 is 0 Å². The van der Waals surface area contributed by atoms with Crippen LogP contribution in [-0.2, 0) is 0 Å². The molecule has 1 heterocycles. The summed E-state index contributed by atoms with van der Waals surface area (Å²) in [7, 11) is 0. The molecule has 1 fully saturated rings. The zero-order chi connectivity index (χ0) is 12.5. The number of rotatable bonds is 4. The lowest BCUT2D eigenvalue weighted by Gasteiger charge is -2.23. The summed E-state index contributed by atoms with van der Waals surface area (Å²) < 4.78 is 2.22. The van der Waals surface area contributed by atoms with Crippen molar-refractivity contribution in [2.75, 3.05) is 5.43 Å². The Hall–Kier alpha value is -1.70. The molecule has 0 bridgehead atoms. The number of hydrogen-bond acceptors (Lipinski definition) is 1. The van der Waals surface area contributed by atoms with Gasteiger partial charge in [0.1, 0.15) is 0 Å². The molecule has 0 spiro atoms. The van der Waals surface area contributed by atoms with Gasteiger partial charge in [0.15, 0.2) is 0 Å². The van der Waals surface area contributed by atoms with E-state index in [0.717, 1.165) is 5.92 Å². The van der Waals surface area contributed by atoms with Crippen molar-refractivity contribution in [2.24, 2.45) is 5.92 Å². The number of nitrogens with zero attached hydrogens (tertiary/aromatic N) is 1. The molecule has 0 saturated heterocycles. The van der Waals surface area contributed by atoms with E-state index in [-0.39, 0.29) is 0 Å². The summed E-state index contributed by atoms with van der Waals surface area (Å²) in [4.78, 5) is 0. The van der Waals surface area contributed by atoms with Crippen LogP contribution in [-0.4, -0.2) is 4.68 Å². The SMILES string of the molecule is Cc1ccc(C)n1NC(c1ccccc1)C1CC1. The first-order valence-electron chi connectivity index (χ1n) is 6.72. The van der Waals surface area contributed by atoms with Crippen molar-refractivity contribution in [1.82, 2.24) is 4.68 Å². The van der Waals surface area contributed by atoms with Crippen LogP contribution in [0.1, 0.15) is 35.8 Å². The minimum Gasteiger partial charge on any atom is -0.318 e. The molecule has 0 amide bonds. The Morgan fingerprint density at radius 2 is 1.61 bits per heavy atom. The summed E-state index contributed by atoms with van der Waals surface area (Å²) in [5.74, 6) is 0.786. The molecule has 18 heavy (non-hydrogen) atoms. The van der Waals surface area contributed by atoms with E-state index in [0.29, 0.717) is 6.04 Å². The lowest BCUT2D eigenvalue weighted by atomic mass is 10.0. The molecular weight excluding hydrogens is 220 g/mol. The standard InChI is InChI=1S/C16H20N2/c1-12-8-9-13(2)18(12)17-16(15-10-11-15)14-6-4-3-5-7-14/h3-9,15-17H,10-11H2,1-2H3. The van der Waals surface area contributed by atoms with E-state index in [9.17, 15) is 0 Å². The maximum absolute atomic E-state index is 3.69. The molecule has 1 N–H and O–H groups in total. The summed E-state index contributed by atoms with van der Waals surface area (Å²) in [6.45, 7) is 4.30. The van der Waals surface area contributed by atoms with Crippen molar-refractivity contribution in [3.8, 4) is 0 Å². The molecule has 2 heteroatoms. The van der Waals surface area contributed by atoms with E-state index in [4.69, 9.17) is 0 Å². The molecule has 1 aromatic heterocycles. The smallest absolute Gasteiger partial charge is 0.0701 e. The van der Waals surface area contributed by atoms with E-state index in [1.165, 1.54) is 29.8 Å². The normalized spacial score (nSPS) is 16.6. The maximum Gasteiger partial charge on any atom is 0.0701 e. The molecule has 1 aromatic carbocycles. The van der Waals surface area contributed by atoms with Gasteiger partial charge in [-0.3, -0.25) is 4.68 Å². The fraction of sp³-hybridized carbons (Fsp3) is 0.375. The molecule has 0 radical (unpaired) electrons. The molecular formula is C16H20N2. The van der Waals surface area contributed by atoms with Gasteiger partial charge in [-0.2, -0.15) is 0 Å². The Labute approximate surface area is 109 Å². The topological polar surface area (TPSA) is 17.0 Å². The predicted octanol–water partition coefficient (Wildman–Crippen LogP) is 3.80. The Kier molecular flexibility index (Phi) is 2.86. The van der Waals surface area contributed by atoms with E-state index < -0.39 is 0 Å². The first-order chi connectivity index (χ1) is 8.75. The molecule has 1 aliphatic carbocycles. The van der Waals surface area contributed by atoms with Crippen molar-refractivity contribution in [3.05, 3.63) is 59.4 Å². The van der Waals surface area contributed by atoms with Gasteiger partial charge in [-0.05, 0) is 50.3 Å². The highest BCUT2D eigenvalue weighted by atomic mass is 15.4. The quantitative estimate of drug-likeness (QED) is 0.860. The van der Waals surface area contributed by atoms with Crippen LogP contribution in [0.15, 0.2) is 42.5 Å². The highest BCUT2D eigenvalue weighted by molar-refractivity contribution is 5.25. The van der Waals surface area contributed by atoms with E-state index >= 15 is 0 Å². The van der Waals surface area contributed by atoms with Crippen LogP contribution >= 0.6 is 0 Å². The van der Waals surface area contributed by atoms with Gasteiger partial charge in [-0.1, -0.05) is 30.3 Å². The summed E-state index contributed by atoms with van der Waals surface area (Å²) in [5, 5.41) is 0. The van der Waals surface area contributed by atoms with Crippen LogP contribution in [0.25, 0.3) is 0 Å². The van der Waals surface area contributed by atoms with E-state index in [1.807, 2.05) is 0 Å². The second kappa shape index (κ2) is 4.52. The van der Waals surface area contributed by atoms with Crippen molar-refractivity contribution < 1.29 is 0 Å². The molecule has 2 nitrogen and oxygen atoms in total. The zero-order valence-corrected chi connectivity index (χ0v) is 11.1. The third-order valence-electron chi connectivity index (χ3n) is 3.79. The number of aryl methyl sites for hydroxylation is 2. The average Bonchev–Trinajstić information content (AvgIpc) is 3.18. The van der Waals surface area contributed by atoms with Crippen LogP contribution in [0.2, 0.25) is 0 Å². The lowest BCUT2D eigenvalue weighted by Crippen LogP contribution is -2.24. The molecule has 1 saturated carbocycles. The second-order valence-corrected chi connectivity index (χ2v) is 5.31.